The molecule has 1 atom stereocenters. The topological polar surface area (TPSA) is 91.8 Å². The molecule has 0 radical (unpaired) electrons. The van der Waals surface area contributed by atoms with Gasteiger partial charge in [-0.25, -0.2) is 4.98 Å². The molecule has 7 heteroatoms. The van der Waals surface area contributed by atoms with Crippen molar-refractivity contribution in [1.29, 1.82) is 0 Å². The molecule has 1 aliphatic heterocycles. The number of nitrogens with zero attached hydrogens (tertiary/aromatic N) is 2. The normalized spacial score (nSPS) is 15.3. The Morgan fingerprint density at radius 1 is 1.09 bits per heavy atom. The molecule has 0 aliphatic carbocycles. The number of carbonyl (C=O) groups excluding carboxylic acids is 1. The van der Waals surface area contributed by atoms with Gasteiger partial charge in [-0.05, 0) is 53.8 Å². The minimum Gasteiger partial charge on any atom is -0.493 e. The smallest absolute Gasteiger partial charge is 0.304 e. The fraction of sp³-hybridized carbons (Fsp3) is 0.321. The summed E-state index contributed by atoms with van der Waals surface area (Å²) >= 11 is 0. The number of rotatable bonds is 10. The molecule has 1 amide bonds. The van der Waals surface area contributed by atoms with Gasteiger partial charge in [-0.3, -0.25) is 9.59 Å². The van der Waals surface area contributed by atoms with Crippen molar-refractivity contribution >= 4 is 17.7 Å². The largest absolute Gasteiger partial charge is 0.493 e. The van der Waals surface area contributed by atoms with Crippen molar-refractivity contribution in [2.75, 3.05) is 25.5 Å². The number of aromatic nitrogens is 1. The third kappa shape index (κ3) is 6.59. The average Bonchev–Trinajstić information content (AvgIpc) is 2.99. The lowest BCUT2D eigenvalue weighted by molar-refractivity contribution is -0.144. The first-order chi connectivity index (χ1) is 17.0. The Bertz CT molecular complexity index is 1170. The number of carboxylic acids is 1. The molecular formula is C28H31N3O4. The van der Waals surface area contributed by atoms with Crippen LogP contribution in [0.1, 0.15) is 28.8 Å². The zero-order valence-electron chi connectivity index (χ0n) is 19.9. The minimum absolute atomic E-state index is 0.0995. The van der Waals surface area contributed by atoms with E-state index in [1.807, 2.05) is 73.8 Å². The number of hydrogen-bond acceptors (Lipinski definition) is 5. The zero-order valence-corrected chi connectivity index (χ0v) is 19.9. The van der Waals surface area contributed by atoms with E-state index in [0.717, 1.165) is 40.4 Å². The van der Waals surface area contributed by atoms with Gasteiger partial charge in [-0.2, -0.15) is 0 Å². The van der Waals surface area contributed by atoms with Crippen molar-refractivity contribution in [2.24, 2.45) is 5.92 Å². The summed E-state index contributed by atoms with van der Waals surface area (Å²) in [5.41, 5.74) is 4.10. The number of hydrogen-bond donors (Lipinski definition) is 2. The maximum atomic E-state index is 13.3. The van der Waals surface area contributed by atoms with Crippen LogP contribution in [0.3, 0.4) is 0 Å². The van der Waals surface area contributed by atoms with Gasteiger partial charge < -0.3 is 20.1 Å². The highest BCUT2D eigenvalue weighted by Gasteiger charge is 2.31. The molecule has 182 valence electrons. The molecule has 4 rings (SSSR count). The Morgan fingerprint density at radius 2 is 1.91 bits per heavy atom. The number of fused-ring (bicyclic) bond motifs is 1. The Hall–Kier alpha value is -3.87. The Morgan fingerprint density at radius 3 is 2.69 bits per heavy atom. The predicted octanol–water partition coefficient (Wildman–Crippen LogP) is 3.96. The molecule has 3 aromatic rings. The van der Waals surface area contributed by atoms with Crippen LogP contribution >= 0.6 is 0 Å². The number of benzene rings is 2. The van der Waals surface area contributed by atoms with Gasteiger partial charge in [0.25, 0.3) is 0 Å². The highest BCUT2D eigenvalue weighted by Crippen LogP contribution is 2.28. The van der Waals surface area contributed by atoms with Gasteiger partial charge in [0, 0.05) is 32.3 Å². The molecule has 0 saturated carbocycles. The van der Waals surface area contributed by atoms with Crippen molar-refractivity contribution < 1.29 is 19.4 Å². The van der Waals surface area contributed by atoms with Crippen molar-refractivity contribution in [2.45, 2.75) is 32.2 Å². The molecule has 0 bridgehead atoms. The van der Waals surface area contributed by atoms with Crippen molar-refractivity contribution in [1.82, 2.24) is 9.88 Å². The molecule has 0 spiro atoms. The van der Waals surface area contributed by atoms with Crippen LogP contribution in [0.15, 0.2) is 66.7 Å². The molecule has 2 aromatic carbocycles. The summed E-state index contributed by atoms with van der Waals surface area (Å²) in [6, 6.07) is 21.7. The number of ether oxygens (including phenoxy) is 1. The van der Waals surface area contributed by atoms with E-state index in [1.54, 1.807) is 4.90 Å². The first kappa shape index (κ1) is 24.3. The van der Waals surface area contributed by atoms with Gasteiger partial charge in [0.1, 0.15) is 11.6 Å². The monoisotopic (exact) mass is 473 g/mol. The van der Waals surface area contributed by atoms with E-state index >= 15 is 0 Å². The number of nitrogens with one attached hydrogen (secondary N) is 1. The third-order valence-corrected chi connectivity index (χ3v) is 6.29. The lowest BCUT2D eigenvalue weighted by Gasteiger charge is -2.24. The van der Waals surface area contributed by atoms with E-state index in [4.69, 9.17) is 4.74 Å². The molecule has 2 N–H and O–H groups in total. The van der Waals surface area contributed by atoms with Crippen molar-refractivity contribution in [3.05, 3.63) is 89.1 Å². The molecule has 35 heavy (non-hydrogen) atoms. The first-order valence-corrected chi connectivity index (χ1v) is 11.9. The average molecular weight is 474 g/mol. The third-order valence-electron chi connectivity index (χ3n) is 6.29. The number of amides is 1. The molecule has 2 heterocycles. The second-order valence-electron chi connectivity index (χ2n) is 8.79. The lowest BCUT2D eigenvalue weighted by atomic mass is 9.94. The summed E-state index contributed by atoms with van der Waals surface area (Å²) in [6.07, 6.45) is 1.64. The van der Waals surface area contributed by atoms with Gasteiger partial charge in [0.15, 0.2) is 0 Å². The molecular weight excluding hydrogens is 442 g/mol. The predicted molar refractivity (Wildman–Crippen MR) is 134 cm³/mol. The maximum Gasteiger partial charge on any atom is 0.304 e. The summed E-state index contributed by atoms with van der Waals surface area (Å²) in [5, 5.41) is 12.4. The number of anilines is 1. The van der Waals surface area contributed by atoms with Crippen LogP contribution in [0, 0.1) is 5.92 Å². The Balaban J connectivity index is 1.47. The van der Waals surface area contributed by atoms with E-state index < -0.39 is 11.9 Å². The quantitative estimate of drug-likeness (QED) is 0.463. The Labute approximate surface area is 205 Å². The highest BCUT2D eigenvalue weighted by atomic mass is 16.5. The minimum atomic E-state index is -0.953. The van der Waals surface area contributed by atoms with Crippen LogP contribution in [0.2, 0.25) is 0 Å². The highest BCUT2D eigenvalue weighted by molar-refractivity contribution is 5.84. The summed E-state index contributed by atoms with van der Waals surface area (Å²) in [5.74, 6) is -0.0607. The molecule has 7 nitrogen and oxygen atoms in total. The van der Waals surface area contributed by atoms with E-state index in [2.05, 4.69) is 10.3 Å². The molecule has 1 unspecified atom stereocenters. The number of carboxylic acid groups (broad SMARTS) is 1. The van der Waals surface area contributed by atoms with E-state index in [9.17, 15) is 14.7 Å². The van der Waals surface area contributed by atoms with Crippen molar-refractivity contribution in [3.63, 3.8) is 0 Å². The molecule has 1 aromatic heterocycles. The SMILES string of the molecule is CNc1cccc(CCOc2ccc3c(c2)CN(CCc2ccccc2)C(=O)C(CC(=O)O)C3)n1. The van der Waals surface area contributed by atoms with E-state index in [1.165, 1.54) is 0 Å². The van der Waals surface area contributed by atoms with Crippen LogP contribution < -0.4 is 10.1 Å². The van der Waals surface area contributed by atoms with Crippen LogP contribution in [0.25, 0.3) is 0 Å². The van der Waals surface area contributed by atoms with Gasteiger partial charge >= 0.3 is 5.97 Å². The fourth-order valence-corrected chi connectivity index (χ4v) is 4.43. The van der Waals surface area contributed by atoms with Gasteiger partial charge in [-0.1, -0.05) is 42.5 Å². The molecule has 1 aliphatic rings. The second kappa shape index (κ2) is 11.5. The molecule has 0 saturated heterocycles. The first-order valence-electron chi connectivity index (χ1n) is 11.9. The summed E-state index contributed by atoms with van der Waals surface area (Å²) in [4.78, 5) is 31.0. The van der Waals surface area contributed by atoms with Crippen LogP contribution in [0.5, 0.6) is 5.75 Å². The Kier molecular flexibility index (Phi) is 7.98. The number of carbonyl (C=O) groups is 2. The van der Waals surface area contributed by atoms with Crippen LogP contribution in [0.4, 0.5) is 5.82 Å². The maximum absolute atomic E-state index is 13.3. The van der Waals surface area contributed by atoms with Crippen molar-refractivity contribution in [3.8, 4) is 5.75 Å². The standard InChI is InChI=1S/C28H31N3O4/c1-29-26-9-5-8-24(30-26)13-15-35-25-11-10-21-16-22(18-27(32)33)28(34)31(19-23(21)17-25)14-12-20-6-3-2-4-7-20/h2-11,17,22H,12-16,18-19H2,1H3,(H,29,30)(H,32,33). The lowest BCUT2D eigenvalue weighted by Crippen LogP contribution is -2.37. The molecule has 0 fully saturated rings. The van der Waals surface area contributed by atoms with E-state index in [-0.39, 0.29) is 12.3 Å². The van der Waals surface area contributed by atoms with E-state index in [0.29, 0.717) is 32.5 Å². The van der Waals surface area contributed by atoms with Crippen LogP contribution in [-0.4, -0.2) is 47.1 Å². The van der Waals surface area contributed by atoms with Gasteiger partial charge in [0.2, 0.25) is 5.91 Å². The van der Waals surface area contributed by atoms with Crippen LogP contribution in [-0.2, 0) is 35.4 Å². The summed E-state index contributed by atoms with van der Waals surface area (Å²) in [7, 11) is 1.84. The summed E-state index contributed by atoms with van der Waals surface area (Å²) < 4.78 is 6.02. The second-order valence-corrected chi connectivity index (χ2v) is 8.79. The summed E-state index contributed by atoms with van der Waals surface area (Å²) in [6.45, 7) is 1.47. The fourth-order valence-electron chi connectivity index (χ4n) is 4.43. The van der Waals surface area contributed by atoms with Gasteiger partial charge in [-0.15, -0.1) is 0 Å². The number of pyridine rings is 1. The van der Waals surface area contributed by atoms with Gasteiger partial charge in [0.05, 0.1) is 18.9 Å². The zero-order chi connectivity index (χ0) is 24.6. The number of aliphatic carboxylic acids is 1.